The molecule has 0 radical (unpaired) electrons. The van der Waals surface area contributed by atoms with E-state index in [0.29, 0.717) is 29.5 Å². The normalized spacial score (nSPS) is 11.2. The summed E-state index contributed by atoms with van der Waals surface area (Å²) < 4.78 is 21.5. The summed E-state index contributed by atoms with van der Waals surface area (Å²) in [5, 5.41) is 0.686. The highest BCUT2D eigenvalue weighted by atomic mass is 35.5. The van der Waals surface area contributed by atoms with Crippen LogP contribution in [0.4, 0.5) is 4.39 Å². The van der Waals surface area contributed by atoms with E-state index in [1.165, 1.54) is 23.5 Å². The van der Waals surface area contributed by atoms with Crippen LogP contribution in [0.2, 0.25) is 5.02 Å². The molecule has 0 aliphatic rings. The number of fused-ring (bicyclic) bond motifs is 1. The van der Waals surface area contributed by atoms with Crippen LogP contribution in [-0.2, 0) is 24.5 Å². The molecule has 0 spiro atoms. The third-order valence-corrected chi connectivity index (χ3v) is 6.87. The standard InChI is InChI=1S/C27H20ClFN2O2S/c28-22-8-4-18(5-9-22)14-31-17-30-27(32)26-24(31)13-25(34-26)21-3-1-2-20(12-21)16-33-15-19-6-10-23(29)11-7-19/h1-13,17H,14-16H2. The van der Waals surface area contributed by atoms with Gasteiger partial charge in [-0.15, -0.1) is 11.3 Å². The number of halogens is 2. The van der Waals surface area contributed by atoms with E-state index in [4.69, 9.17) is 16.3 Å². The van der Waals surface area contributed by atoms with Crippen molar-refractivity contribution in [3.05, 3.63) is 123 Å². The molecule has 0 bridgehead atoms. The van der Waals surface area contributed by atoms with E-state index in [0.717, 1.165) is 32.6 Å². The van der Waals surface area contributed by atoms with E-state index < -0.39 is 0 Å². The maximum absolute atomic E-state index is 13.1. The van der Waals surface area contributed by atoms with Crippen LogP contribution in [0.3, 0.4) is 0 Å². The summed E-state index contributed by atoms with van der Waals surface area (Å²) in [6.07, 6.45) is 1.59. The minimum atomic E-state index is -0.259. The van der Waals surface area contributed by atoms with Gasteiger partial charge >= 0.3 is 0 Å². The Morgan fingerprint density at radius 2 is 1.65 bits per heavy atom. The predicted molar refractivity (Wildman–Crippen MR) is 135 cm³/mol. The van der Waals surface area contributed by atoms with Gasteiger partial charge in [0.2, 0.25) is 0 Å². The number of nitrogens with zero attached hydrogens (tertiary/aromatic N) is 2. The Hall–Kier alpha value is -3.32. The van der Waals surface area contributed by atoms with E-state index in [-0.39, 0.29) is 11.4 Å². The molecule has 2 heterocycles. The predicted octanol–water partition coefficient (Wildman–Crippen LogP) is 6.68. The van der Waals surface area contributed by atoms with Gasteiger partial charge in [-0.2, -0.15) is 4.98 Å². The molecule has 0 unspecified atom stereocenters. The van der Waals surface area contributed by atoms with Crippen LogP contribution in [0, 0.1) is 5.82 Å². The van der Waals surface area contributed by atoms with Gasteiger partial charge in [0.15, 0.2) is 0 Å². The van der Waals surface area contributed by atoms with Crippen molar-refractivity contribution in [1.29, 1.82) is 0 Å². The van der Waals surface area contributed by atoms with Crippen LogP contribution in [0.15, 0.2) is 90.0 Å². The fourth-order valence-corrected chi connectivity index (χ4v) is 4.91. The number of hydrogen-bond donors (Lipinski definition) is 0. The summed E-state index contributed by atoms with van der Waals surface area (Å²) in [4.78, 5) is 17.5. The van der Waals surface area contributed by atoms with Gasteiger partial charge in [0.1, 0.15) is 10.5 Å². The Morgan fingerprint density at radius 3 is 2.44 bits per heavy atom. The first-order valence-electron chi connectivity index (χ1n) is 10.7. The Labute approximate surface area is 204 Å². The van der Waals surface area contributed by atoms with Crippen molar-refractivity contribution in [2.45, 2.75) is 19.8 Å². The number of ether oxygens (including phenoxy) is 1. The second-order valence-corrected chi connectivity index (χ2v) is 9.44. The maximum Gasteiger partial charge on any atom is 0.290 e. The minimum Gasteiger partial charge on any atom is -0.372 e. The molecule has 0 aliphatic heterocycles. The van der Waals surface area contributed by atoms with Crippen molar-refractivity contribution in [3.8, 4) is 10.4 Å². The molecule has 5 aromatic rings. The molecule has 0 saturated carbocycles. The molecule has 0 aliphatic carbocycles. The van der Waals surface area contributed by atoms with Gasteiger partial charge in [-0.05, 0) is 58.7 Å². The third-order valence-electron chi connectivity index (χ3n) is 5.46. The van der Waals surface area contributed by atoms with Crippen LogP contribution in [0.1, 0.15) is 16.7 Å². The Kier molecular flexibility index (Phi) is 6.54. The molecule has 0 N–H and O–H groups in total. The zero-order valence-corrected chi connectivity index (χ0v) is 19.7. The smallest absolute Gasteiger partial charge is 0.290 e. The second kappa shape index (κ2) is 9.89. The zero-order chi connectivity index (χ0) is 23.5. The van der Waals surface area contributed by atoms with E-state index >= 15 is 0 Å². The van der Waals surface area contributed by atoms with Gasteiger partial charge < -0.3 is 9.30 Å². The van der Waals surface area contributed by atoms with Crippen LogP contribution < -0.4 is 5.56 Å². The molecule has 0 amide bonds. The summed E-state index contributed by atoms with van der Waals surface area (Å²) in [7, 11) is 0. The van der Waals surface area contributed by atoms with Crippen LogP contribution >= 0.6 is 22.9 Å². The molecular weight excluding hydrogens is 471 g/mol. The molecule has 2 aromatic heterocycles. The number of hydrogen-bond acceptors (Lipinski definition) is 4. The lowest BCUT2D eigenvalue weighted by molar-refractivity contribution is 0.107. The molecular formula is C27H20ClFN2O2S. The Bertz CT molecular complexity index is 1490. The van der Waals surface area contributed by atoms with Gasteiger partial charge in [-0.25, -0.2) is 4.39 Å². The molecule has 0 atom stereocenters. The van der Waals surface area contributed by atoms with E-state index in [2.05, 4.69) is 11.1 Å². The quantitative estimate of drug-likeness (QED) is 0.255. The first-order chi connectivity index (χ1) is 16.5. The van der Waals surface area contributed by atoms with E-state index in [1.54, 1.807) is 18.5 Å². The lowest BCUT2D eigenvalue weighted by Gasteiger charge is -2.07. The van der Waals surface area contributed by atoms with Crippen LogP contribution in [-0.4, -0.2) is 9.55 Å². The molecule has 7 heteroatoms. The minimum absolute atomic E-state index is 0.225. The Morgan fingerprint density at radius 1 is 0.912 bits per heavy atom. The van der Waals surface area contributed by atoms with Crippen molar-refractivity contribution in [2.75, 3.05) is 0 Å². The van der Waals surface area contributed by atoms with Crippen molar-refractivity contribution < 1.29 is 9.13 Å². The number of aromatic nitrogens is 2. The lowest BCUT2D eigenvalue weighted by atomic mass is 10.1. The van der Waals surface area contributed by atoms with Gasteiger partial charge in [0.05, 0.1) is 25.1 Å². The molecule has 3 aromatic carbocycles. The average Bonchev–Trinajstić information content (AvgIpc) is 3.31. The van der Waals surface area contributed by atoms with Crippen LogP contribution in [0.5, 0.6) is 0 Å². The molecule has 4 nitrogen and oxygen atoms in total. The highest BCUT2D eigenvalue weighted by Crippen LogP contribution is 2.32. The fraction of sp³-hybridized carbons (Fsp3) is 0.111. The first-order valence-corrected chi connectivity index (χ1v) is 11.9. The zero-order valence-electron chi connectivity index (χ0n) is 18.1. The summed E-state index contributed by atoms with van der Waals surface area (Å²) in [6.45, 7) is 1.43. The third kappa shape index (κ3) is 5.09. The molecule has 0 saturated heterocycles. The molecule has 34 heavy (non-hydrogen) atoms. The van der Waals surface area contributed by atoms with Crippen molar-refractivity contribution >= 4 is 33.2 Å². The lowest BCUT2D eigenvalue weighted by Crippen LogP contribution is -2.11. The Balaban J connectivity index is 1.37. The second-order valence-electron chi connectivity index (χ2n) is 7.95. The SMILES string of the molecule is O=c1ncn(Cc2ccc(Cl)cc2)c2cc(-c3cccc(COCc4ccc(F)cc4)c3)sc12. The first kappa shape index (κ1) is 22.5. The highest BCUT2D eigenvalue weighted by molar-refractivity contribution is 7.22. The molecule has 0 fully saturated rings. The summed E-state index contributed by atoms with van der Waals surface area (Å²) >= 11 is 7.44. The van der Waals surface area contributed by atoms with E-state index in [1.807, 2.05) is 53.1 Å². The number of thiophene rings is 1. The van der Waals surface area contributed by atoms with Gasteiger partial charge in [0.25, 0.3) is 5.56 Å². The average molecular weight is 491 g/mol. The van der Waals surface area contributed by atoms with Crippen molar-refractivity contribution in [1.82, 2.24) is 9.55 Å². The molecule has 5 rings (SSSR count). The number of benzene rings is 3. The van der Waals surface area contributed by atoms with Crippen molar-refractivity contribution in [3.63, 3.8) is 0 Å². The maximum atomic E-state index is 13.1. The highest BCUT2D eigenvalue weighted by Gasteiger charge is 2.12. The van der Waals surface area contributed by atoms with Gasteiger partial charge in [0, 0.05) is 16.4 Å². The van der Waals surface area contributed by atoms with Gasteiger partial charge in [-0.3, -0.25) is 4.79 Å². The monoisotopic (exact) mass is 490 g/mol. The largest absolute Gasteiger partial charge is 0.372 e. The number of rotatable bonds is 7. The van der Waals surface area contributed by atoms with Gasteiger partial charge in [-0.1, -0.05) is 54.1 Å². The fourth-order valence-electron chi connectivity index (χ4n) is 3.73. The van der Waals surface area contributed by atoms with Crippen molar-refractivity contribution in [2.24, 2.45) is 0 Å². The molecule has 170 valence electrons. The van der Waals surface area contributed by atoms with Crippen LogP contribution in [0.25, 0.3) is 20.7 Å². The summed E-state index contributed by atoms with van der Waals surface area (Å²) in [5.74, 6) is -0.259. The summed E-state index contributed by atoms with van der Waals surface area (Å²) in [5.41, 5.74) is 4.66. The summed E-state index contributed by atoms with van der Waals surface area (Å²) in [6, 6.07) is 24.1. The van der Waals surface area contributed by atoms with E-state index in [9.17, 15) is 9.18 Å². The topological polar surface area (TPSA) is 44.1 Å².